The maximum absolute atomic E-state index is 15.0. The van der Waals surface area contributed by atoms with Crippen molar-refractivity contribution in [1.29, 1.82) is 0 Å². The first kappa shape index (κ1) is 25.6. The number of nitrogens with zero attached hydrogens (tertiary/aromatic N) is 2. The third kappa shape index (κ3) is 5.66. The largest absolute Gasteiger partial charge is 0.394 e. The number of anilines is 1. The number of aromatic nitrogens is 2. The molecule has 1 fully saturated rings. The summed E-state index contributed by atoms with van der Waals surface area (Å²) in [5.41, 5.74) is 7.25. The van der Waals surface area contributed by atoms with Crippen LogP contribution in [0.5, 0.6) is 0 Å². The molecule has 190 valence electrons. The quantitative estimate of drug-likeness (QED) is 0.390. The van der Waals surface area contributed by atoms with Gasteiger partial charge >= 0.3 is 0 Å². The molecular formula is C26H27F3N4O3. The van der Waals surface area contributed by atoms with Crippen LogP contribution in [0.25, 0.3) is 11.3 Å². The Morgan fingerprint density at radius 1 is 1.14 bits per heavy atom. The third-order valence-electron chi connectivity index (χ3n) is 6.45. The van der Waals surface area contributed by atoms with Gasteiger partial charge in [0.05, 0.1) is 36.2 Å². The molecule has 1 aliphatic carbocycles. The van der Waals surface area contributed by atoms with Gasteiger partial charge in [-0.15, -0.1) is 0 Å². The molecule has 2 aromatic carbocycles. The molecule has 1 amide bonds. The van der Waals surface area contributed by atoms with Crippen LogP contribution in [0.1, 0.15) is 64.8 Å². The van der Waals surface area contributed by atoms with Crippen molar-refractivity contribution in [3.63, 3.8) is 0 Å². The van der Waals surface area contributed by atoms with Crippen LogP contribution in [0.3, 0.4) is 0 Å². The molecule has 1 unspecified atom stereocenters. The van der Waals surface area contributed by atoms with Gasteiger partial charge in [-0.05, 0) is 61.1 Å². The van der Waals surface area contributed by atoms with Crippen molar-refractivity contribution in [2.24, 2.45) is 0 Å². The van der Waals surface area contributed by atoms with Crippen LogP contribution < -0.4 is 11.1 Å². The van der Waals surface area contributed by atoms with Gasteiger partial charge in [0.2, 0.25) is 0 Å². The van der Waals surface area contributed by atoms with Crippen molar-refractivity contribution < 1.29 is 28.2 Å². The Bertz CT molecular complexity index is 1250. The van der Waals surface area contributed by atoms with Crippen LogP contribution in [0.4, 0.5) is 19.0 Å². The fraction of sp³-hybridized carbons (Fsp3) is 0.346. The van der Waals surface area contributed by atoms with Crippen molar-refractivity contribution in [3.05, 3.63) is 76.6 Å². The number of aliphatic hydroxyl groups is 2. The Labute approximate surface area is 206 Å². The number of alkyl halides is 1. The van der Waals surface area contributed by atoms with Gasteiger partial charge in [-0.3, -0.25) is 4.79 Å². The number of amides is 1. The normalized spacial score (nSPS) is 18.6. The number of rotatable bonds is 7. The Hall–Kier alpha value is -3.50. The van der Waals surface area contributed by atoms with Crippen molar-refractivity contribution in [2.45, 2.75) is 50.4 Å². The minimum atomic E-state index is -1.07. The fourth-order valence-electron chi connectivity index (χ4n) is 4.46. The summed E-state index contributed by atoms with van der Waals surface area (Å²) in [6.07, 6.45) is 4.14. The minimum absolute atomic E-state index is 0.0542. The van der Waals surface area contributed by atoms with E-state index in [2.05, 4.69) is 15.3 Å². The van der Waals surface area contributed by atoms with E-state index in [-0.39, 0.29) is 40.2 Å². The van der Waals surface area contributed by atoms with Gasteiger partial charge in [0, 0.05) is 11.5 Å². The van der Waals surface area contributed by atoms with Crippen molar-refractivity contribution >= 4 is 11.7 Å². The molecule has 5 N–H and O–H groups in total. The van der Waals surface area contributed by atoms with Crippen molar-refractivity contribution in [1.82, 2.24) is 15.3 Å². The van der Waals surface area contributed by atoms with E-state index in [0.29, 0.717) is 24.1 Å². The van der Waals surface area contributed by atoms with Gasteiger partial charge < -0.3 is 21.3 Å². The molecule has 36 heavy (non-hydrogen) atoms. The second-order valence-corrected chi connectivity index (χ2v) is 8.96. The van der Waals surface area contributed by atoms with Crippen LogP contribution in [0, 0.1) is 11.6 Å². The fourth-order valence-corrected chi connectivity index (χ4v) is 4.46. The molecule has 7 nitrogen and oxygen atoms in total. The van der Waals surface area contributed by atoms with Gasteiger partial charge in [-0.2, -0.15) is 0 Å². The number of nitrogens with two attached hydrogens (primary N) is 1. The van der Waals surface area contributed by atoms with Gasteiger partial charge in [0.1, 0.15) is 29.8 Å². The van der Waals surface area contributed by atoms with Crippen LogP contribution in [0.15, 0.2) is 42.6 Å². The lowest BCUT2D eigenvalue weighted by molar-refractivity contribution is 0.0912. The zero-order valence-electron chi connectivity index (χ0n) is 19.4. The molecule has 0 spiro atoms. The van der Waals surface area contributed by atoms with Gasteiger partial charge in [-0.25, -0.2) is 23.1 Å². The summed E-state index contributed by atoms with van der Waals surface area (Å²) in [5, 5.41) is 21.9. The van der Waals surface area contributed by atoms with Crippen LogP contribution >= 0.6 is 0 Å². The number of nitrogen functional groups attached to an aromatic ring is 1. The summed E-state index contributed by atoms with van der Waals surface area (Å²) in [5.74, 6) is -2.17. The number of halogens is 3. The van der Waals surface area contributed by atoms with E-state index in [4.69, 9.17) is 5.73 Å². The predicted molar refractivity (Wildman–Crippen MR) is 128 cm³/mol. The first-order valence-corrected chi connectivity index (χ1v) is 11.7. The average molecular weight is 501 g/mol. The molecule has 1 heterocycles. The zero-order chi connectivity index (χ0) is 25.8. The standard InChI is InChI=1S/C26H27F3N4O3/c27-11-14-7-17(9-18(28)8-14)23(13-34)33-26(36)20-6-3-16(10-21(20)29)24-25(30)31-12-22(32-24)15-1-4-19(35)5-2-15/h3,6-10,12,15,19,23,34-35H,1-2,4-5,11,13H2,(H2,30,31)(H,33,36). The Kier molecular flexibility index (Phi) is 7.85. The summed E-state index contributed by atoms with van der Waals surface area (Å²) in [4.78, 5) is 21.6. The van der Waals surface area contributed by atoms with Crippen LogP contribution in [0.2, 0.25) is 0 Å². The number of benzene rings is 2. The van der Waals surface area contributed by atoms with E-state index in [1.165, 1.54) is 18.2 Å². The summed E-state index contributed by atoms with van der Waals surface area (Å²) < 4.78 is 41.8. The number of carbonyl (C=O) groups is 1. The second-order valence-electron chi connectivity index (χ2n) is 8.96. The molecule has 0 bridgehead atoms. The predicted octanol–water partition coefficient (Wildman–Crippen LogP) is 3.96. The van der Waals surface area contributed by atoms with Crippen molar-refractivity contribution in [3.8, 4) is 11.3 Å². The molecule has 1 aliphatic rings. The molecule has 10 heteroatoms. The molecule has 3 aromatic rings. The molecule has 0 radical (unpaired) electrons. The second kappa shape index (κ2) is 11.0. The summed E-state index contributed by atoms with van der Waals surface area (Å²) in [7, 11) is 0. The molecule has 1 atom stereocenters. The Morgan fingerprint density at radius 2 is 1.89 bits per heavy atom. The van der Waals surface area contributed by atoms with E-state index >= 15 is 4.39 Å². The Balaban J connectivity index is 1.55. The third-order valence-corrected chi connectivity index (χ3v) is 6.45. The molecule has 4 rings (SSSR count). The van der Waals surface area contributed by atoms with Gasteiger partial charge in [0.15, 0.2) is 0 Å². The molecule has 0 saturated heterocycles. The minimum Gasteiger partial charge on any atom is -0.394 e. The summed E-state index contributed by atoms with van der Waals surface area (Å²) >= 11 is 0. The first-order valence-electron chi connectivity index (χ1n) is 11.7. The average Bonchev–Trinajstić information content (AvgIpc) is 2.87. The van der Waals surface area contributed by atoms with E-state index in [9.17, 15) is 23.8 Å². The molecule has 1 aromatic heterocycles. The SMILES string of the molecule is Nc1ncc(C2CCC(O)CC2)nc1-c1ccc(C(=O)NC(CO)c2cc(F)cc(CF)c2)c(F)c1. The zero-order valence-corrected chi connectivity index (χ0v) is 19.4. The highest BCUT2D eigenvalue weighted by atomic mass is 19.1. The van der Waals surface area contributed by atoms with E-state index in [1.807, 2.05) is 0 Å². The molecule has 1 saturated carbocycles. The molecule has 0 aliphatic heterocycles. The number of aliphatic hydroxyl groups excluding tert-OH is 2. The van der Waals surface area contributed by atoms with Crippen molar-refractivity contribution in [2.75, 3.05) is 12.3 Å². The first-order chi connectivity index (χ1) is 17.3. The summed E-state index contributed by atoms with van der Waals surface area (Å²) in [6.45, 7) is -1.51. The number of carbonyl (C=O) groups excluding carboxylic acids is 1. The lowest BCUT2D eigenvalue weighted by Gasteiger charge is -2.25. The maximum Gasteiger partial charge on any atom is 0.254 e. The van der Waals surface area contributed by atoms with E-state index in [0.717, 1.165) is 31.0 Å². The number of hydrogen-bond acceptors (Lipinski definition) is 6. The summed E-state index contributed by atoms with van der Waals surface area (Å²) in [6, 6.07) is 6.22. The topological polar surface area (TPSA) is 121 Å². The van der Waals surface area contributed by atoms with Gasteiger partial charge in [-0.1, -0.05) is 12.1 Å². The Morgan fingerprint density at radius 3 is 2.56 bits per heavy atom. The number of hydrogen-bond donors (Lipinski definition) is 4. The lowest BCUT2D eigenvalue weighted by atomic mass is 9.85. The van der Waals surface area contributed by atoms with Crippen LogP contribution in [-0.2, 0) is 6.67 Å². The highest BCUT2D eigenvalue weighted by Crippen LogP contribution is 2.34. The van der Waals surface area contributed by atoms with E-state index in [1.54, 1.807) is 6.20 Å². The highest BCUT2D eigenvalue weighted by Gasteiger charge is 2.24. The van der Waals surface area contributed by atoms with Gasteiger partial charge in [0.25, 0.3) is 5.91 Å². The molecular weight excluding hydrogens is 473 g/mol. The highest BCUT2D eigenvalue weighted by molar-refractivity contribution is 5.95. The van der Waals surface area contributed by atoms with Crippen LogP contribution in [-0.4, -0.2) is 38.8 Å². The monoisotopic (exact) mass is 500 g/mol. The number of nitrogens with one attached hydrogen (secondary N) is 1. The lowest BCUT2D eigenvalue weighted by Crippen LogP contribution is -2.31. The maximum atomic E-state index is 15.0. The smallest absolute Gasteiger partial charge is 0.254 e. The van der Waals surface area contributed by atoms with E-state index < -0.39 is 36.9 Å².